The Labute approximate surface area is 212 Å². The molecule has 6 nitrogen and oxygen atoms in total. The highest BCUT2D eigenvalue weighted by Crippen LogP contribution is 2.28. The first-order valence-corrected chi connectivity index (χ1v) is 13.6. The normalized spacial score (nSPS) is 18.7. The summed E-state index contributed by atoms with van der Waals surface area (Å²) < 4.78 is 0. The zero-order valence-electron chi connectivity index (χ0n) is 20.4. The number of nitrogens with zero attached hydrogens (tertiary/aromatic N) is 2. The summed E-state index contributed by atoms with van der Waals surface area (Å²) in [6, 6.07) is 17.3. The maximum atomic E-state index is 13.5. The molecule has 7 heteroatoms. The first-order chi connectivity index (χ1) is 17.0. The maximum Gasteiger partial charge on any atom is 0.255 e. The van der Waals surface area contributed by atoms with Crippen LogP contribution in [-0.2, 0) is 9.59 Å². The first-order valence-electron chi connectivity index (χ1n) is 12.7. The number of benzene rings is 2. The number of hydrogen-bond donors (Lipinski definition) is 1. The van der Waals surface area contributed by atoms with Gasteiger partial charge >= 0.3 is 0 Å². The van der Waals surface area contributed by atoms with Gasteiger partial charge in [-0.25, -0.2) is 0 Å². The number of likely N-dealkylation sites (tertiary alicyclic amines) is 1. The molecule has 1 N–H and O–H groups in total. The van der Waals surface area contributed by atoms with Crippen molar-refractivity contribution < 1.29 is 14.4 Å². The van der Waals surface area contributed by atoms with Gasteiger partial charge in [0, 0.05) is 36.8 Å². The third-order valence-corrected chi connectivity index (χ3v) is 8.16. The van der Waals surface area contributed by atoms with E-state index in [1.165, 1.54) is 31.0 Å². The van der Waals surface area contributed by atoms with Crippen LogP contribution in [0.5, 0.6) is 0 Å². The lowest BCUT2D eigenvalue weighted by atomic mass is 9.94. The fraction of sp³-hybridized carbons (Fsp3) is 0.464. The van der Waals surface area contributed by atoms with Crippen LogP contribution in [0.25, 0.3) is 0 Å². The Morgan fingerprint density at radius 3 is 2.43 bits per heavy atom. The minimum atomic E-state index is -0.238. The monoisotopic (exact) mass is 493 g/mol. The predicted molar refractivity (Wildman–Crippen MR) is 141 cm³/mol. The van der Waals surface area contributed by atoms with E-state index in [4.69, 9.17) is 0 Å². The third kappa shape index (κ3) is 6.66. The van der Waals surface area contributed by atoms with Gasteiger partial charge in [0.05, 0.1) is 17.2 Å². The smallest absolute Gasteiger partial charge is 0.255 e. The van der Waals surface area contributed by atoms with Crippen molar-refractivity contribution in [2.75, 3.05) is 31.2 Å². The molecular formula is C28H35N3O3S. The lowest BCUT2D eigenvalue weighted by Gasteiger charge is -2.32. The molecule has 35 heavy (non-hydrogen) atoms. The second kappa shape index (κ2) is 12.2. The molecule has 0 aromatic heterocycles. The molecule has 1 saturated heterocycles. The topological polar surface area (TPSA) is 69.7 Å². The van der Waals surface area contributed by atoms with Gasteiger partial charge in [0.1, 0.15) is 0 Å². The van der Waals surface area contributed by atoms with Gasteiger partial charge in [0.25, 0.3) is 5.91 Å². The number of nitrogens with one attached hydrogen (secondary N) is 1. The van der Waals surface area contributed by atoms with E-state index in [1.807, 2.05) is 66.5 Å². The lowest BCUT2D eigenvalue weighted by molar-refractivity contribution is -0.129. The largest absolute Gasteiger partial charge is 0.342 e. The summed E-state index contributed by atoms with van der Waals surface area (Å²) in [5, 5.41) is 2.97. The summed E-state index contributed by atoms with van der Waals surface area (Å²) >= 11 is 1.43. The summed E-state index contributed by atoms with van der Waals surface area (Å²) in [6.07, 6.45) is 7.35. The molecule has 1 atom stereocenters. The van der Waals surface area contributed by atoms with Crippen molar-refractivity contribution in [2.45, 2.75) is 55.9 Å². The highest BCUT2D eigenvalue weighted by atomic mass is 32.2. The number of carbonyl (C=O) groups is 3. The van der Waals surface area contributed by atoms with Crippen molar-refractivity contribution in [2.24, 2.45) is 5.92 Å². The Kier molecular flexibility index (Phi) is 8.85. The lowest BCUT2D eigenvalue weighted by Crippen LogP contribution is -2.44. The Morgan fingerprint density at radius 2 is 1.66 bits per heavy atom. The van der Waals surface area contributed by atoms with Crippen molar-refractivity contribution in [1.29, 1.82) is 0 Å². The van der Waals surface area contributed by atoms with Crippen LogP contribution >= 0.6 is 11.8 Å². The molecule has 0 spiro atoms. The van der Waals surface area contributed by atoms with Gasteiger partial charge < -0.3 is 15.1 Å². The number of piperidine rings is 1. The Morgan fingerprint density at radius 1 is 0.943 bits per heavy atom. The van der Waals surface area contributed by atoms with E-state index in [9.17, 15) is 14.4 Å². The van der Waals surface area contributed by atoms with Gasteiger partial charge in [-0.1, -0.05) is 49.6 Å². The highest BCUT2D eigenvalue weighted by molar-refractivity contribution is 8.00. The molecule has 0 bridgehead atoms. The van der Waals surface area contributed by atoms with Gasteiger partial charge in [-0.05, 0) is 49.9 Å². The van der Waals surface area contributed by atoms with Crippen LogP contribution < -0.4 is 5.32 Å². The molecule has 4 rings (SSSR count). The van der Waals surface area contributed by atoms with E-state index in [1.54, 1.807) is 4.90 Å². The van der Waals surface area contributed by atoms with Crippen LogP contribution in [-0.4, -0.2) is 59.5 Å². The Hall–Kier alpha value is -2.80. The van der Waals surface area contributed by atoms with Crippen LogP contribution in [0.3, 0.4) is 0 Å². The van der Waals surface area contributed by atoms with Crippen LogP contribution in [0.1, 0.15) is 55.3 Å². The van der Waals surface area contributed by atoms with Gasteiger partial charge in [0.15, 0.2) is 0 Å². The molecule has 2 aliphatic rings. The van der Waals surface area contributed by atoms with Gasteiger partial charge in [-0.15, -0.1) is 11.8 Å². The number of thioether (sulfide) groups is 1. The minimum Gasteiger partial charge on any atom is -0.342 e. The second-order valence-electron chi connectivity index (χ2n) is 9.53. The zero-order valence-corrected chi connectivity index (χ0v) is 21.3. The van der Waals surface area contributed by atoms with Crippen molar-refractivity contribution in [1.82, 2.24) is 9.80 Å². The van der Waals surface area contributed by atoms with Gasteiger partial charge in [-0.3, -0.25) is 14.4 Å². The fourth-order valence-corrected chi connectivity index (χ4v) is 5.96. The number of anilines is 1. The van der Waals surface area contributed by atoms with Crippen LogP contribution in [0.15, 0.2) is 59.5 Å². The van der Waals surface area contributed by atoms with Gasteiger partial charge in [-0.2, -0.15) is 0 Å². The van der Waals surface area contributed by atoms with Crippen molar-refractivity contribution in [3.8, 4) is 0 Å². The Balaban J connectivity index is 1.36. The number of hydrogen-bond acceptors (Lipinski definition) is 4. The van der Waals surface area contributed by atoms with Crippen molar-refractivity contribution in [3.05, 3.63) is 60.2 Å². The van der Waals surface area contributed by atoms with Crippen LogP contribution in [0.4, 0.5) is 5.69 Å². The molecule has 2 fully saturated rings. The summed E-state index contributed by atoms with van der Waals surface area (Å²) in [4.78, 5) is 43.6. The molecular weight excluding hydrogens is 458 g/mol. The van der Waals surface area contributed by atoms with E-state index in [2.05, 4.69) is 5.32 Å². The first kappa shape index (κ1) is 25.3. The molecule has 1 aliphatic heterocycles. The summed E-state index contributed by atoms with van der Waals surface area (Å²) in [6.45, 7) is 1.04. The maximum absolute atomic E-state index is 13.5. The quantitative estimate of drug-likeness (QED) is 0.548. The second-order valence-corrected chi connectivity index (χ2v) is 10.5. The molecule has 1 aliphatic carbocycles. The molecule has 186 valence electrons. The fourth-order valence-electron chi connectivity index (χ4n) is 4.99. The third-order valence-electron chi connectivity index (χ3n) is 7.11. The number of rotatable bonds is 7. The van der Waals surface area contributed by atoms with Crippen molar-refractivity contribution >= 4 is 35.2 Å². The zero-order chi connectivity index (χ0) is 24.6. The number of amides is 3. The summed E-state index contributed by atoms with van der Waals surface area (Å²) in [5.41, 5.74) is 1.38. The van der Waals surface area contributed by atoms with E-state index < -0.39 is 0 Å². The molecule has 1 heterocycles. The number of para-hydroxylation sites is 1. The predicted octanol–water partition coefficient (Wildman–Crippen LogP) is 5.06. The molecule has 1 unspecified atom stereocenters. The van der Waals surface area contributed by atoms with E-state index in [0.717, 1.165) is 36.3 Å². The molecule has 0 radical (unpaired) electrons. The van der Waals surface area contributed by atoms with Crippen molar-refractivity contribution in [3.63, 3.8) is 0 Å². The minimum absolute atomic E-state index is 0.0484. The standard InChI is InChI=1S/C28H35N3O3S/c1-30(23-14-6-3-7-15-23)26(32)20-35-25-17-9-8-16-24(25)28(34)31-18-10-11-21(19-31)27(33)29-22-12-4-2-5-13-22/h2,4-5,8-9,12-13,16-17,21,23H,3,6-7,10-11,14-15,18-20H2,1H3,(H,29,33). The molecule has 2 aromatic carbocycles. The van der Waals surface area contributed by atoms with Crippen LogP contribution in [0, 0.1) is 5.92 Å². The molecule has 3 amide bonds. The highest BCUT2D eigenvalue weighted by Gasteiger charge is 2.30. The van der Waals surface area contributed by atoms with E-state index in [0.29, 0.717) is 30.4 Å². The average Bonchev–Trinajstić information content (AvgIpc) is 2.92. The summed E-state index contributed by atoms with van der Waals surface area (Å²) in [7, 11) is 1.91. The van der Waals surface area contributed by atoms with Gasteiger partial charge in [0.2, 0.25) is 11.8 Å². The number of carbonyl (C=O) groups excluding carboxylic acids is 3. The average molecular weight is 494 g/mol. The van der Waals surface area contributed by atoms with E-state index in [-0.39, 0.29) is 23.6 Å². The summed E-state index contributed by atoms with van der Waals surface area (Å²) in [5.74, 6) is 0.0728. The molecule has 1 saturated carbocycles. The SMILES string of the molecule is CN(C(=O)CSc1ccccc1C(=O)N1CCCC(C(=O)Nc2ccccc2)C1)C1CCCCC1. The Bertz CT molecular complexity index is 1020. The van der Waals surface area contributed by atoms with Crippen LogP contribution in [0.2, 0.25) is 0 Å². The molecule has 2 aromatic rings. The van der Waals surface area contributed by atoms with E-state index >= 15 is 0 Å².